The third-order valence-electron chi connectivity index (χ3n) is 2.54. The summed E-state index contributed by atoms with van der Waals surface area (Å²) in [6.45, 7) is 1.35. The zero-order valence-corrected chi connectivity index (χ0v) is 10.4. The van der Waals surface area contributed by atoms with Crippen LogP contribution in [0.3, 0.4) is 0 Å². The van der Waals surface area contributed by atoms with Crippen LogP contribution in [-0.2, 0) is 6.18 Å². The molecule has 4 nitrogen and oxygen atoms in total. The number of pyridine rings is 2. The second kappa shape index (κ2) is 5.28. The van der Waals surface area contributed by atoms with Gasteiger partial charge in [-0.25, -0.2) is 4.98 Å². The Labute approximate surface area is 112 Å². The average Bonchev–Trinajstić information content (AvgIpc) is 2.38. The van der Waals surface area contributed by atoms with E-state index in [-0.39, 0.29) is 11.3 Å². The SMILES string of the molecule is Cc1nc(C(F)(F)F)ccc1C(=O)Nc1cccnc1. The lowest BCUT2D eigenvalue weighted by Gasteiger charge is -2.10. The van der Waals surface area contributed by atoms with Gasteiger partial charge in [-0.3, -0.25) is 9.78 Å². The number of alkyl halides is 3. The number of aromatic nitrogens is 2. The summed E-state index contributed by atoms with van der Waals surface area (Å²) in [5.41, 5.74) is -0.465. The molecule has 2 aromatic heterocycles. The van der Waals surface area contributed by atoms with Crippen LogP contribution in [0, 0.1) is 6.92 Å². The topological polar surface area (TPSA) is 54.9 Å². The first-order valence-electron chi connectivity index (χ1n) is 5.64. The summed E-state index contributed by atoms with van der Waals surface area (Å²) in [6.07, 6.45) is -1.55. The third-order valence-corrected chi connectivity index (χ3v) is 2.54. The number of hydrogen-bond acceptors (Lipinski definition) is 3. The zero-order valence-electron chi connectivity index (χ0n) is 10.4. The molecule has 0 saturated heterocycles. The van der Waals surface area contributed by atoms with Gasteiger partial charge in [0.15, 0.2) is 0 Å². The fourth-order valence-electron chi connectivity index (χ4n) is 1.59. The first-order chi connectivity index (χ1) is 9.38. The number of carbonyl (C=O) groups is 1. The van der Waals surface area contributed by atoms with Crippen molar-refractivity contribution in [1.82, 2.24) is 9.97 Å². The van der Waals surface area contributed by atoms with Crippen molar-refractivity contribution >= 4 is 11.6 Å². The van der Waals surface area contributed by atoms with Crippen LogP contribution in [0.2, 0.25) is 0 Å². The Morgan fingerprint density at radius 1 is 1.25 bits per heavy atom. The summed E-state index contributed by atoms with van der Waals surface area (Å²) in [5.74, 6) is -0.531. The summed E-state index contributed by atoms with van der Waals surface area (Å²) < 4.78 is 37.4. The average molecular weight is 281 g/mol. The molecule has 0 atom stereocenters. The number of hydrogen-bond donors (Lipinski definition) is 1. The molecule has 104 valence electrons. The van der Waals surface area contributed by atoms with Gasteiger partial charge >= 0.3 is 6.18 Å². The zero-order chi connectivity index (χ0) is 14.8. The van der Waals surface area contributed by atoms with Crippen molar-refractivity contribution in [3.63, 3.8) is 0 Å². The molecule has 0 unspecified atom stereocenters. The molecule has 0 aliphatic rings. The van der Waals surface area contributed by atoms with Crippen LogP contribution in [0.4, 0.5) is 18.9 Å². The predicted molar refractivity (Wildman–Crippen MR) is 66.2 cm³/mol. The number of rotatable bonds is 2. The number of halogens is 3. The molecule has 2 rings (SSSR count). The van der Waals surface area contributed by atoms with E-state index in [2.05, 4.69) is 15.3 Å². The van der Waals surface area contributed by atoms with Crippen LogP contribution in [0.25, 0.3) is 0 Å². The van der Waals surface area contributed by atoms with Gasteiger partial charge in [0, 0.05) is 6.20 Å². The molecule has 0 aliphatic heterocycles. The molecule has 0 aliphatic carbocycles. The van der Waals surface area contributed by atoms with Crippen LogP contribution in [0.5, 0.6) is 0 Å². The summed E-state index contributed by atoms with van der Waals surface area (Å²) in [7, 11) is 0. The lowest BCUT2D eigenvalue weighted by Crippen LogP contribution is -2.16. The minimum atomic E-state index is -4.52. The standard InChI is InChI=1S/C13H10F3N3O/c1-8-10(4-5-11(18-8)13(14,15)16)12(20)19-9-3-2-6-17-7-9/h2-7H,1H3,(H,19,20). The van der Waals surface area contributed by atoms with Crippen molar-refractivity contribution < 1.29 is 18.0 Å². The van der Waals surface area contributed by atoms with E-state index in [1.807, 2.05) is 0 Å². The van der Waals surface area contributed by atoms with E-state index < -0.39 is 17.8 Å². The second-order valence-corrected chi connectivity index (χ2v) is 4.02. The number of nitrogens with zero attached hydrogens (tertiary/aromatic N) is 2. The lowest BCUT2D eigenvalue weighted by atomic mass is 10.1. The van der Waals surface area contributed by atoms with Crippen molar-refractivity contribution in [2.45, 2.75) is 13.1 Å². The summed E-state index contributed by atoms with van der Waals surface area (Å²) in [6, 6.07) is 5.15. The van der Waals surface area contributed by atoms with E-state index in [1.165, 1.54) is 13.1 Å². The van der Waals surface area contributed by atoms with E-state index in [4.69, 9.17) is 0 Å². The number of carbonyl (C=O) groups excluding carboxylic acids is 1. The normalized spacial score (nSPS) is 11.2. The third kappa shape index (κ3) is 3.11. The van der Waals surface area contributed by atoms with Crippen molar-refractivity contribution in [3.8, 4) is 0 Å². The smallest absolute Gasteiger partial charge is 0.321 e. The van der Waals surface area contributed by atoms with E-state index in [0.29, 0.717) is 5.69 Å². The Balaban J connectivity index is 2.23. The molecule has 2 heterocycles. The van der Waals surface area contributed by atoms with Gasteiger partial charge in [0.2, 0.25) is 0 Å². The van der Waals surface area contributed by atoms with E-state index in [0.717, 1.165) is 12.1 Å². The molecular formula is C13H10F3N3O. The van der Waals surface area contributed by atoms with Crippen LogP contribution >= 0.6 is 0 Å². The second-order valence-electron chi connectivity index (χ2n) is 4.02. The van der Waals surface area contributed by atoms with E-state index in [1.54, 1.807) is 18.3 Å². The van der Waals surface area contributed by atoms with Gasteiger partial charge in [-0.15, -0.1) is 0 Å². The Hall–Kier alpha value is -2.44. The molecule has 0 radical (unpaired) electrons. The van der Waals surface area contributed by atoms with Gasteiger partial charge in [-0.2, -0.15) is 13.2 Å². The molecular weight excluding hydrogens is 271 g/mol. The van der Waals surface area contributed by atoms with Gasteiger partial charge in [0.25, 0.3) is 5.91 Å². The van der Waals surface area contributed by atoms with Crippen LogP contribution in [0.15, 0.2) is 36.7 Å². The summed E-state index contributed by atoms with van der Waals surface area (Å²) in [5, 5.41) is 2.53. The maximum Gasteiger partial charge on any atom is 0.433 e. The quantitative estimate of drug-likeness (QED) is 0.920. The van der Waals surface area contributed by atoms with Crippen LogP contribution in [-0.4, -0.2) is 15.9 Å². The van der Waals surface area contributed by atoms with Gasteiger partial charge in [0.1, 0.15) is 5.69 Å². The molecule has 0 aromatic carbocycles. The fraction of sp³-hybridized carbons (Fsp3) is 0.154. The molecule has 0 saturated carbocycles. The van der Waals surface area contributed by atoms with Crippen molar-refractivity contribution in [2.24, 2.45) is 0 Å². The molecule has 0 fully saturated rings. The summed E-state index contributed by atoms with van der Waals surface area (Å²) >= 11 is 0. The van der Waals surface area contributed by atoms with Gasteiger partial charge < -0.3 is 5.32 Å². The highest BCUT2D eigenvalue weighted by Gasteiger charge is 2.33. The predicted octanol–water partition coefficient (Wildman–Crippen LogP) is 3.06. The molecule has 2 aromatic rings. The Kier molecular flexibility index (Phi) is 3.69. The highest BCUT2D eigenvalue weighted by Crippen LogP contribution is 2.28. The number of amides is 1. The molecule has 7 heteroatoms. The van der Waals surface area contributed by atoms with Gasteiger partial charge in [0.05, 0.1) is 23.1 Å². The lowest BCUT2D eigenvalue weighted by molar-refractivity contribution is -0.141. The minimum absolute atomic E-state index is 0.0150. The monoisotopic (exact) mass is 281 g/mol. The largest absolute Gasteiger partial charge is 0.433 e. The molecule has 0 bridgehead atoms. The first-order valence-corrected chi connectivity index (χ1v) is 5.64. The van der Waals surface area contributed by atoms with Crippen LogP contribution in [0.1, 0.15) is 21.7 Å². The maximum atomic E-state index is 12.5. The fourth-order valence-corrected chi connectivity index (χ4v) is 1.59. The maximum absolute atomic E-state index is 12.5. The highest BCUT2D eigenvalue weighted by atomic mass is 19.4. The molecule has 0 spiro atoms. The van der Waals surface area contributed by atoms with Crippen molar-refractivity contribution in [3.05, 3.63) is 53.6 Å². The number of aryl methyl sites for hydroxylation is 1. The number of nitrogens with one attached hydrogen (secondary N) is 1. The van der Waals surface area contributed by atoms with Crippen LogP contribution < -0.4 is 5.32 Å². The van der Waals surface area contributed by atoms with Gasteiger partial charge in [-0.1, -0.05) is 0 Å². The summed E-state index contributed by atoms with van der Waals surface area (Å²) in [4.78, 5) is 19.2. The Morgan fingerprint density at radius 3 is 2.55 bits per heavy atom. The van der Waals surface area contributed by atoms with Crippen molar-refractivity contribution in [1.29, 1.82) is 0 Å². The molecule has 1 amide bonds. The minimum Gasteiger partial charge on any atom is -0.321 e. The highest BCUT2D eigenvalue weighted by molar-refractivity contribution is 6.04. The van der Waals surface area contributed by atoms with Gasteiger partial charge in [-0.05, 0) is 31.2 Å². The van der Waals surface area contributed by atoms with Crippen molar-refractivity contribution in [2.75, 3.05) is 5.32 Å². The molecule has 1 N–H and O–H groups in total. The number of anilines is 1. The Bertz CT molecular complexity index is 627. The Morgan fingerprint density at radius 2 is 2.00 bits per heavy atom. The van der Waals surface area contributed by atoms with E-state index >= 15 is 0 Å². The first kappa shape index (κ1) is 14.0. The molecule has 20 heavy (non-hydrogen) atoms. The van der Waals surface area contributed by atoms with E-state index in [9.17, 15) is 18.0 Å².